The number of carbonyl (C=O) groups is 2. The molecule has 0 aromatic carbocycles. The van der Waals surface area contributed by atoms with Crippen LogP contribution in [0.15, 0.2) is 0 Å². The second-order valence-electron chi connectivity index (χ2n) is 9.03. The van der Waals surface area contributed by atoms with Gasteiger partial charge < -0.3 is 9.47 Å². The predicted molar refractivity (Wildman–Crippen MR) is 108 cm³/mol. The van der Waals surface area contributed by atoms with Crippen LogP contribution in [0.5, 0.6) is 0 Å². The van der Waals surface area contributed by atoms with Crippen LogP contribution in [-0.4, -0.2) is 42.8 Å². The number of esters is 1. The summed E-state index contributed by atoms with van der Waals surface area (Å²) in [4.78, 5) is 26.8. The monoisotopic (exact) mass is 383 g/mol. The average molecular weight is 384 g/mol. The lowest BCUT2D eigenvalue weighted by Crippen LogP contribution is -2.47. The minimum atomic E-state index is -0.590. The second kappa shape index (κ2) is 11.6. The Balaban J connectivity index is 2.78. The van der Waals surface area contributed by atoms with Crippen molar-refractivity contribution in [2.24, 2.45) is 23.7 Å². The van der Waals surface area contributed by atoms with E-state index in [9.17, 15) is 9.59 Å². The van der Waals surface area contributed by atoms with Crippen molar-refractivity contribution in [1.82, 2.24) is 4.90 Å². The number of likely N-dealkylation sites (N-methyl/N-ethyl adjacent to an activating group) is 1. The summed E-state index contributed by atoms with van der Waals surface area (Å²) < 4.78 is 11.3. The van der Waals surface area contributed by atoms with Crippen LogP contribution in [0.25, 0.3) is 0 Å². The minimum Gasteiger partial charge on any atom is -0.464 e. The summed E-state index contributed by atoms with van der Waals surface area (Å²) in [5.74, 6) is 1.38. The van der Waals surface area contributed by atoms with Gasteiger partial charge in [-0.05, 0) is 49.4 Å². The van der Waals surface area contributed by atoms with Crippen LogP contribution in [0.2, 0.25) is 0 Å². The van der Waals surface area contributed by atoms with Gasteiger partial charge in [0.2, 0.25) is 0 Å². The number of unbranched alkanes of at least 4 members (excludes halogenated alkanes) is 1. The molecule has 0 aromatic rings. The van der Waals surface area contributed by atoms with Crippen molar-refractivity contribution in [3.8, 4) is 0 Å². The number of ether oxygens (including phenoxy) is 2. The van der Waals surface area contributed by atoms with Gasteiger partial charge in [-0.25, -0.2) is 9.59 Å². The molecule has 4 unspecified atom stereocenters. The van der Waals surface area contributed by atoms with Crippen molar-refractivity contribution in [2.75, 3.05) is 13.7 Å². The summed E-state index contributed by atoms with van der Waals surface area (Å²) in [7, 11) is 1.66. The zero-order valence-electron chi connectivity index (χ0n) is 18.5. The summed E-state index contributed by atoms with van der Waals surface area (Å²) in [6.07, 6.45) is 5.09. The molecule has 0 aromatic heterocycles. The van der Waals surface area contributed by atoms with Crippen molar-refractivity contribution in [3.05, 3.63) is 0 Å². The highest BCUT2D eigenvalue weighted by atomic mass is 16.6. The third kappa shape index (κ3) is 7.71. The molecule has 1 aliphatic carbocycles. The molecule has 1 fully saturated rings. The maximum absolute atomic E-state index is 12.8. The largest absolute Gasteiger partial charge is 0.464 e. The highest BCUT2D eigenvalue weighted by Gasteiger charge is 2.36. The quantitative estimate of drug-likeness (QED) is 0.402. The van der Waals surface area contributed by atoms with Gasteiger partial charge in [0, 0.05) is 7.05 Å². The van der Waals surface area contributed by atoms with E-state index in [2.05, 4.69) is 27.7 Å². The fraction of sp³-hybridized carbons (Fsp3) is 0.909. The maximum Gasteiger partial charge on any atom is 0.410 e. The van der Waals surface area contributed by atoms with Gasteiger partial charge in [0.1, 0.15) is 12.1 Å². The third-order valence-corrected chi connectivity index (χ3v) is 5.68. The molecule has 1 amide bonds. The third-order valence-electron chi connectivity index (χ3n) is 5.68. The molecular weight excluding hydrogens is 342 g/mol. The molecule has 5 nitrogen and oxygen atoms in total. The lowest BCUT2D eigenvalue weighted by Gasteiger charge is -2.38. The van der Waals surface area contributed by atoms with Gasteiger partial charge >= 0.3 is 12.1 Å². The first-order valence-electron chi connectivity index (χ1n) is 10.8. The van der Waals surface area contributed by atoms with Gasteiger partial charge in [0.25, 0.3) is 0 Å². The van der Waals surface area contributed by atoms with E-state index in [0.29, 0.717) is 30.8 Å². The Hall–Kier alpha value is -1.26. The van der Waals surface area contributed by atoms with Crippen LogP contribution in [0.3, 0.4) is 0 Å². The van der Waals surface area contributed by atoms with Crippen LogP contribution in [0.4, 0.5) is 4.79 Å². The average Bonchev–Trinajstić information content (AvgIpc) is 2.58. The molecule has 0 spiro atoms. The fourth-order valence-electron chi connectivity index (χ4n) is 3.86. The molecule has 5 heteroatoms. The van der Waals surface area contributed by atoms with E-state index in [1.807, 2.05) is 13.8 Å². The normalized spacial score (nSPS) is 24.0. The number of amides is 1. The van der Waals surface area contributed by atoms with Gasteiger partial charge in [-0.15, -0.1) is 0 Å². The molecular formula is C22H41NO4. The number of rotatable bonds is 9. The summed E-state index contributed by atoms with van der Waals surface area (Å²) >= 11 is 0. The number of hydrogen-bond donors (Lipinski definition) is 0. The van der Waals surface area contributed by atoms with Crippen LogP contribution in [0.1, 0.15) is 80.1 Å². The topological polar surface area (TPSA) is 55.8 Å². The first-order chi connectivity index (χ1) is 12.7. The molecule has 4 atom stereocenters. The zero-order valence-corrected chi connectivity index (χ0v) is 18.5. The highest BCUT2D eigenvalue weighted by molar-refractivity contribution is 5.81. The van der Waals surface area contributed by atoms with Crippen molar-refractivity contribution >= 4 is 12.1 Å². The molecule has 0 heterocycles. The summed E-state index contributed by atoms with van der Waals surface area (Å²) in [6, 6.07) is -0.590. The number of nitrogens with zero attached hydrogens (tertiary/aromatic N) is 1. The number of hydrogen-bond acceptors (Lipinski definition) is 4. The van der Waals surface area contributed by atoms with Crippen LogP contribution in [0, 0.1) is 23.7 Å². The molecule has 27 heavy (non-hydrogen) atoms. The van der Waals surface area contributed by atoms with Gasteiger partial charge in [-0.1, -0.05) is 54.4 Å². The Kier molecular flexibility index (Phi) is 10.2. The van der Waals surface area contributed by atoms with E-state index in [1.54, 1.807) is 7.05 Å². The SMILES string of the molecule is CCCCOC(=O)C(CC(C)C)N(C)C(=O)OC1CC(C)CCC1C(C)C. The Labute approximate surface area is 166 Å². The Morgan fingerprint density at radius 2 is 1.81 bits per heavy atom. The predicted octanol–water partition coefficient (Wildman–Crippen LogP) is 5.27. The molecule has 158 valence electrons. The maximum atomic E-state index is 12.8. The second-order valence-corrected chi connectivity index (χ2v) is 9.03. The van der Waals surface area contributed by atoms with Gasteiger partial charge in [-0.2, -0.15) is 0 Å². The summed E-state index contributed by atoms with van der Waals surface area (Å²) in [5.41, 5.74) is 0. The van der Waals surface area contributed by atoms with E-state index in [4.69, 9.17) is 9.47 Å². The standard InChI is InChI=1S/C22H41NO4/c1-8-9-12-26-21(24)19(13-15(2)3)23(7)22(25)27-20-14-17(6)10-11-18(20)16(4)5/h15-20H,8-14H2,1-7H3. The molecule has 1 saturated carbocycles. The number of carbonyl (C=O) groups excluding carboxylic acids is 2. The molecule has 0 saturated heterocycles. The molecule has 1 rings (SSSR count). The Morgan fingerprint density at radius 3 is 2.37 bits per heavy atom. The van der Waals surface area contributed by atoms with Gasteiger partial charge in [0.15, 0.2) is 0 Å². The van der Waals surface area contributed by atoms with Gasteiger partial charge in [0.05, 0.1) is 6.61 Å². The lowest BCUT2D eigenvalue weighted by atomic mass is 9.75. The Morgan fingerprint density at radius 1 is 1.15 bits per heavy atom. The van der Waals surface area contributed by atoms with Crippen molar-refractivity contribution in [3.63, 3.8) is 0 Å². The fourth-order valence-corrected chi connectivity index (χ4v) is 3.86. The summed E-state index contributed by atoms with van der Waals surface area (Å²) in [5, 5.41) is 0. The van der Waals surface area contributed by atoms with Crippen molar-refractivity contribution in [1.29, 1.82) is 0 Å². The van der Waals surface area contributed by atoms with Crippen LogP contribution >= 0.6 is 0 Å². The van der Waals surface area contributed by atoms with Crippen LogP contribution in [-0.2, 0) is 14.3 Å². The Bertz CT molecular complexity index is 463. The molecule has 0 bridgehead atoms. The molecule has 0 N–H and O–H groups in total. The van der Waals surface area contributed by atoms with E-state index >= 15 is 0 Å². The van der Waals surface area contributed by atoms with E-state index in [-0.39, 0.29) is 18.0 Å². The minimum absolute atomic E-state index is 0.0699. The van der Waals surface area contributed by atoms with Crippen molar-refractivity contribution < 1.29 is 19.1 Å². The van der Waals surface area contributed by atoms with E-state index in [0.717, 1.165) is 25.7 Å². The first kappa shape index (κ1) is 23.8. The highest BCUT2D eigenvalue weighted by Crippen LogP contribution is 2.35. The zero-order chi connectivity index (χ0) is 20.6. The van der Waals surface area contributed by atoms with Crippen LogP contribution < -0.4 is 0 Å². The molecule has 0 aliphatic heterocycles. The van der Waals surface area contributed by atoms with E-state index < -0.39 is 12.1 Å². The van der Waals surface area contributed by atoms with Crippen molar-refractivity contribution in [2.45, 2.75) is 92.2 Å². The summed E-state index contributed by atoms with van der Waals surface area (Å²) in [6.45, 7) is 13.2. The molecule has 1 aliphatic rings. The van der Waals surface area contributed by atoms with Gasteiger partial charge in [-0.3, -0.25) is 4.90 Å². The molecule has 0 radical (unpaired) electrons. The smallest absolute Gasteiger partial charge is 0.410 e. The van der Waals surface area contributed by atoms with E-state index in [1.165, 1.54) is 11.3 Å². The lowest BCUT2D eigenvalue weighted by molar-refractivity contribution is -0.150. The first-order valence-corrected chi connectivity index (χ1v) is 10.8.